The van der Waals surface area contributed by atoms with E-state index in [4.69, 9.17) is 22.9 Å². The van der Waals surface area contributed by atoms with E-state index >= 15 is 0 Å². The number of rotatable bonds is 5. The molecule has 4 rings (SSSR count). The Morgan fingerprint density at radius 3 is 2.37 bits per heavy atom. The van der Waals surface area contributed by atoms with Crippen LogP contribution in [0.25, 0.3) is 0 Å². The topological polar surface area (TPSA) is 181 Å². The van der Waals surface area contributed by atoms with Crippen LogP contribution in [0.4, 0.5) is 29.2 Å². The second-order valence-electron chi connectivity index (χ2n) is 8.02. The number of piperidine rings is 1. The molecule has 10 N–H and O–H groups in total. The lowest BCUT2D eigenvalue weighted by Gasteiger charge is -2.35. The van der Waals surface area contributed by atoms with Gasteiger partial charge >= 0.3 is 0 Å². The van der Waals surface area contributed by atoms with Crippen molar-refractivity contribution < 1.29 is 5.11 Å². The maximum Gasteiger partial charge on any atom is 0.233 e. The highest BCUT2D eigenvalue weighted by Crippen LogP contribution is 2.27. The van der Waals surface area contributed by atoms with Crippen molar-refractivity contribution >= 4 is 29.2 Å². The molecule has 2 fully saturated rings. The average molecular weight is 415 g/mol. The van der Waals surface area contributed by atoms with Gasteiger partial charge in [-0.15, -0.1) is 0 Å². The summed E-state index contributed by atoms with van der Waals surface area (Å²) >= 11 is 0. The second kappa shape index (κ2) is 8.56. The van der Waals surface area contributed by atoms with E-state index in [1.54, 1.807) is 12.1 Å². The molecule has 162 valence electrons. The molecule has 0 spiro atoms. The Bertz CT molecular complexity index is 853. The summed E-state index contributed by atoms with van der Waals surface area (Å²) in [7, 11) is 0. The van der Waals surface area contributed by atoms with E-state index in [0.717, 1.165) is 12.1 Å². The van der Waals surface area contributed by atoms with Crippen molar-refractivity contribution in [3.8, 4) is 0 Å². The molecule has 0 bridgehead atoms. The number of nitrogen functional groups attached to an aromatic ring is 1. The monoisotopic (exact) mass is 414 g/mol. The van der Waals surface area contributed by atoms with Crippen molar-refractivity contribution in [2.24, 2.45) is 17.2 Å². The molecule has 1 aromatic heterocycles. The zero-order valence-electron chi connectivity index (χ0n) is 16.9. The van der Waals surface area contributed by atoms with Crippen LogP contribution in [0.5, 0.6) is 0 Å². The number of nitrogens with zero attached hydrogens (tertiary/aromatic N) is 5. The quantitative estimate of drug-likeness (QED) is 0.329. The predicted molar refractivity (Wildman–Crippen MR) is 118 cm³/mol. The molecule has 2 saturated heterocycles. The first kappa shape index (κ1) is 20.5. The number of nitrogens with two attached hydrogens (primary N) is 4. The summed E-state index contributed by atoms with van der Waals surface area (Å²) in [5.41, 5.74) is 25.5. The van der Waals surface area contributed by atoms with Gasteiger partial charge in [-0.2, -0.15) is 15.0 Å². The van der Waals surface area contributed by atoms with Gasteiger partial charge in [0.15, 0.2) is 0 Å². The molecule has 30 heavy (non-hydrogen) atoms. The third-order valence-electron chi connectivity index (χ3n) is 5.59. The minimum Gasteiger partial charge on any atom is -0.399 e. The summed E-state index contributed by atoms with van der Waals surface area (Å²) in [5, 5.41) is 13.5. The number of benzene rings is 1. The lowest BCUT2D eigenvalue weighted by Crippen LogP contribution is -2.53. The van der Waals surface area contributed by atoms with Gasteiger partial charge in [-0.25, -0.2) is 0 Å². The SMILES string of the molecule is NC[C@H]1[C@@H](O)CCN1c1nc(Nc2ccc(N)cc2)nc(N2C[C@H](N)C[C@H](N)C2)n1. The molecular formula is C19H30N10O. The van der Waals surface area contributed by atoms with Crippen LogP contribution in [0.15, 0.2) is 24.3 Å². The molecule has 0 aliphatic carbocycles. The standard InChI is InChI=1S/C19H30N10O/c20-8-15-16(30)5-6-29(15)19-26-17(24-14-3-1-11(21)2-4-14)25-18(27-19)28-9-12(22)7-13(23)10-28/h1-4,12-13,15-16,30H,5-10,20-23H2,(H,24,25,26,27)/t12-,13+,15-,16-/m0/s1. The first-order chi connectivity index (χ1) is 14.4. The molecular weight excluding hydrogens is 384 g/mol. The Balaban J connectivity index is 1.69. The predicted octanol–water partition coefficient (Wildman–Crippen LogP) is -1.04. The van der Waals surface area contributed by atoms with Crippen LogP contribution >= 0.6 is 0 Å². The highest BCUT2D eigenvalue weighted by atomic mass is 16.3. The Morgan fingerprint density at radius 1 is 1.03 bits per heavy atom. The fraction of sp³-hybridized carbons (Fsp3) is 0.526. The molecule has 11 heteroatoms. The van der Waals surface area contributed by atoms with Crippen LogP contribution in [0.2, 0.25) is 0 Å². The molecule has 11 nitrogen and oxygen atoms in total. The van der Waals surface area contributed by atoms with Gasteiger partial charge in [0.25, 0.3) is 0 Å². The van der Waals surface area contributed by atoms with Crippen molar-refractivity contribution in [1.82, 2.24) is 15.0 Å². The Labute approximate surface area is 175 Å². The smallest absolute Gasteiger partial charge is 0.233 e. The fourth-order valence-electron chi connectivity index (χ4n) is 4.09. The fourth-order valence-corrected chi connectivity index (χ4v) is 4.09. The molecule has 0 amide bonds. The molecule has 0 unspecified atom stereocenters. The van der Waals surface area contributed by atoms with Crippen LogP contribution in [0.1, 0.15) is 12.8 Å². The van der Waals surface area contributed by atoms with Gasteiger partial charge in [0.05, 0.1) is 12.1 Å². The van der Waals surface area contributed by atoms with Gasteiger partial charge in [0.1, 0.15) is 0 Å². The zero-order chi connectivity index (χ0) is 21.3. The van der Waals surface area contributed by atoms with Crippen molar-refractivity contribution in [1.29, 1.82) is 0 Å². The van der Waals surface area contributed by atoms with Crippen molar-refractivity contribution in [3.05, 3.63) is 24.3 Å². The number of nitrogens with one attached hydrogen (secondary N) is 1. The minimum absolute atomic E-state index is 0.0483. The zero-order valence-corrected chi connectivity index (χ0v) is 16.9. The second-order valence-corrected chi connectivity index (χ2v) is 8.02. The normalized spacial score (nSPS) is 26.8. The van der Waals surface area contributed by atoms with Gasteiger partial charge in [-0.05, 0) is 37.1 Å². The highest BCUT2D eigenvalue weighted by Gasteiger charge is 2.34. The summed E-state index contributed by atoms with van der Waals surface area (Å²) in [4.78, 5) is 17.8. The number of anilines is 5. The van der Waals surface area contributed by atoms with E-state index in [1.807, 2.05) is 21.9 Å². The number of hydrogen-bond acceptors (Lipinski definition) is 11. The van der Waals surface area contributed by atoms with E-state index in [2.05, 4.69) is 20.3 Å². The minimum atomic E-state index is -0.513. The van der Waals surface area contributed by atoms with E-state index in [1.165, 1.54) is 0 Å². The van der Waals surface area contributed by atoms with Gasteiger partial charge in [0.2, 0.25) is 17.8 Å². The largest absolute Gasteiger partial charge is 0.399 e. The molecule has 2 aliphatic rings. The van der Waals surface area contributed by atoms with Gasteiger partial charge in [-0.1, -0.05) is 0 Å². The van der Waals surface area contributed by atoms with Gasteiger partial charge < -0.3 is 43.2 Å². The van der Waals surface area contributed by atoms with E-state index < -0.39 is 6.10 Å². The third kappa shape index (κ3) is 4.38. The maximum atomic E-state index is 10.3. The van der Waals surface area contributed by atoms with Crippen LogP contribution in [-0.4, -0.2) is 70.5 Å². The Hall–Kier alpha value is -2.73. The molecule has 2 aliphatic heterocycles. The number of aliphatic hydroxyl groups is 1. The molecule has 2 aromatic rings. The van der Waals surface area contributed by atoms with Crippen molar-refractivity contribution in [2.45, 2.75) is 37.1 Å². The summed E-state index contributed by atoms with van der Waals surface area (Å²) in [6.45, 7) is 2.15. The molecule has 0 radical (unpaired) electrons. The number of aliphatic hydroxyl groups excluding tert-OH is 1. The van der Waals surface area contributed by atoms with Crippen LogP contribution in [0, 0.1) is 0 Å². The van der Waals surface area contributed by atoms with Crippen LogP contribution in [-0.2, 0) is 0 Å². The summed E-state index contributed by atoms with van der Waals surface area (Å²) in [6.07, 6.45) is 0.863. The van der Waals surface area contributed by atoms with E-state index in [9.17, 15) is 5.11 Å². The first-order valence-corrected chi connectivity index (χ1v) is 10.2. The molecule has 4 atom stereocenters. The molecule has 3 heterocycles. The summed E-state index contributed by atoms with van der Waals surface area (Å²) in [6, 6.07) is 6.97. The van der Waals surface area contributed by atoms with E-state index in [0.29, 0.717) is 56.1 Å². The van der Waals surface area contributed by atoms with Crippen molar-refractivity contribution in [2.75, 3.05) is 47.0 Å². The Morgan fingerprint density at radius 2 is 1.70 bits per heavy atom. The third-order valence-corrected chi connectivity index (χ3v) is 5.59. The molecule has 1 aromatic carbocycles. The van der Waals surface area contributed by atoms with Gasteiger partial charge in [0, 0.05) is 49.6 Å². The lowest BCUT2D eigenvalue weighted by atomic mass is 10.0. The molecule has 0 saturated carbocycles. The number of hydrogen-bond donors (Lipinski definition) is 6. The summed E-state index contributed by atoms with van der Waals surface area (Å²) < 4.78 is 0. The average Bonchev–Trinajstić information content (AvgIpc) is 3.09. The lowest BCUT2D eigenvalue weighted by molar-refractivity contribution is 0.166. The van der Waals surface area contributed by atoms with Crippen LogP contribution < -0.4 is 38.1 Å². The van der Waals surface area contributed by atoms with Crippen molar-refractivity contribution in [3.63, 3.8) is 0 Å². The van der Waals surface area contributed by atoms with E-state index in [-0.39, 0.29) is 18.1 Å². The Kier molecular flexibility index (Phi) is 5.86. The number of aromatic nitrogens is 3. The maximum absolute atomic E-state index is 10.3. The highest BCUT2D eigenvalue weighted by molar-refractivity contribution is 5.59. The van der Waals surface area contributed by atoms with Gasteiger partial charge in [-0.3, -0.25) is 0 Å². The first-order valence-electron chi connectivity index (χ1n) is 10.2. The summed E-state index contributed by atoms with van der Waals surface area (Å²) in [5.74, 6) is 1.36. The van der Waals surface area contributed by atoms with Crippen LogP contribution in [0.3, 0.4) is 0 Å².